The number of aliphatic hydroxyl groups is 1. The molecule has 0 radical (unpaired) electrons. The van der Waals surface area contributed by atoms with Crippen LogP contribution in [-0.4, -0.2) is 45.9 Å². The Morgan fingerprint density at radius 1 is 1.00 bits per heavy atom. The number of amides is 2. The number of carbonyl (C=O) groups is 2. The van der Waals surface area contributed by atoms with Gasteiger partial charge in [0, 0.05) is 46.6 Å². The summed E-state index contributed by atoms with van der Waals surface area (Å²) in [7, 11) is 1.64. The summed E-state index contributed by atoms with van der Waals surface area (Å²) in [6.45, 7) is 0.685. The summed E-state index contributed by atoms with van der Waals surface area (Å²) in [5.74, 6) is -0.292. The lowest BCUT2D eigenvalue weighted by Gasteiger charge is -2.55. The zero-order chi connectivity index (χ0) is 24.7. The first-order valence-corrected chi connectivity index (χ1v) is 13.8. The molecule has 3 aliphatic heterocycles. The van der Waals surface area contributed by atoms with Gasteiger partial charge >= 0.3 is 0 Å². The van der Waals surface area contributed by atoms with Gasteiger partial charge in [0.1, 0.15) is 0 Å². The smallest absolute Gasteiger partial charge is 0.234 e. The van der Waals surface area contributed by atoms with Crippen molar-refractivity contribution in [3.05, 3.63) is 75.6 Å². The first-order valence-electron chi connectivity index (χ1n) is 12.6. The van der Waals surface area contributed by atoms with Crippen LogP contribution in [0.4, 0.5) is 0 Å². The fraction of sp³-hybridized carbons (Fsp3) is 0.379. The number of fused-ring (bicyclic) bond motifs is 2. The molecule has 4 heterocycles. The lowest BCUT2D eigenvalue weighted by molar-refractivity contribution is -0.138. The summed E-state index contributed by atoms with van der Waals surface area (Å²) in [5, 5.41) is 11.4. The Labute approximate surface area is 219 Å². The molecule has 1 N–H and O–H groups in total. The van der Waals surface area contributed by atoms with Crippen LogP contribution in [0.1, 0.15) is 28.8 Å². The van der Waals surface area contributed by atoms with Gasteiger partial charge in [0.25, 0.3) is 0 Å². The zero-order valence-corrected chi connectivity index (χ0v) is 21.5. The van der Waals surface area contributed by atoms with E-state index in [0.29, 0.717) is 12.5 Å². The second-order valence-corrected chi connectivity index (χ2v) is 12.1. The molecule has 36 heavy (non-hydrogen) atoms. The van der Waals surface area contributed by atoms with Crippen molar-refractivity contribution in [3.63, 3.8) is 0 Å². The monoisotopic (exact) mass is 518 g/mol. The van der Waals surface area contributed by atoms with Gasteiger partial charge in [-0.2, -0.15) is 0 Å². The van der Waals surface area contributed by atoms with E-state index in [9.17, 15) is 14.7 Å². The van der Waals surface area contributed by atoms with E-state index in [2.05, 4.69) is 35.2 Å². The molecule has 2 amide bonds. The highest BCUT2D eigenvalue weighted by atomic mass is 35.5. The van der Waals surface area contributed by atoms with Crippen LogP contribution in [0.5, 0.6) is 0 Å². The van der Waals surface area contributed by atoms with Gasteiger partial charge < -0.3 is 5.11 Å². The maximum absolute atomic E-state index is 13.4. The minimum atomic E-state index is -0.351. The number of hydrogen-bond donors (Lipinski definition) is 1. The molecular weight excluding hydrogens is 492 g/mol. The number of likely N-dealkylation sites (tertiary alicyclic amines) is 1. The van der Waals surface area contributed by atoms with Gasteiger partial charge in [0.15, 0.2) is 0 Å². The number of imide groups is 1. The zero-order valence-electron chi connectivity index (χ0n) is 19.9. The third-order valence-electron chi connectivity index (χ3n) is 8.72. The fourth-order valence-corrected chi connectivity index (χ4v) is 8.43. The van der Waals surface area contributed by atoms with E-state index in [1.807, 2.05) is 24.3 Å². The molecule has 2 bridgehead atoms. The quantitative estimate of drug-likeness (QED) is 0.485. The Balaban J connectivity index is 1.36. The molecule has 3 fully saturated rings. The maximum Gasteiger partial charge on any atom is 0.234 e. The Bertz CT molecular complexity index is 1430. The van der Waals surface area contributed by atoms with Crippen LogP contribution in [0.2, 0.25) is 5.02 Å². The van der Waals surface area contributed by atoms with E-state index >= 15 is 0 Å². The van der Waals surface area contributed by atoms with Crippen molar-refractivity contribution in [2.24, 2.45) is 23.7 Å². The molecule has 8 rings (SSSR count). The van der Waals surface area contributed by atoms with Crippen LogP contribution in [-0.2, 0) is 22.7 Å². The topological polar surface area (TPSA) is 60.9 Å². The largest absolute Gasteiger partial charge is 0.392 e. The highest BCUT2D eigenvalue weighted by Crippen LogP contribution is 2.58. The van der Waals surface area contributed by atoms with Gasteiger partial charge in [-0.1, -0.05) is 60.1 Å². The molecule has 5 aliphatic rings. The predicted octanol–water partition coefficient (Wildman–Crippen LogP) is 4.95. The molecule has 5 unspecified atom stereocenters. The van der Waals surface area contributed by atoms with Gasteiger partial charge in [-0.05, 0) is 41.5 Å². The van der Waals surface area contributed by atoms with Gasteiger partial charge in [0.05, 0.1) is 23.5 Å². The number of thiophene rings is 1. The summed E-state index contributed by atoms with van der Waals surface area (Å²) in [6.07, 6.45) is 4.55. The van der Waals surface area contributed by atoms with Crippen LogP contribution in [0.3, 0.4) is 0 Å². The number of rotatable bonds is 5. The summed E-state index contributed by atoms with van der Waals surface area (Å²) in [6, 6.07) is 16.3. The average molecular weight is 519 g/mol. The molecule has 1 saturated carbocycles. The van der Waals surface area contributed by atoms with Crippen LogP contribution in [0.25, 0.3) is 15.7 Å². The number of benzene rings is 2. The van der Waals surface area contributed by atoms with Crippen molar-refractivity contribution < 1.29 is 14.7 Å². The van der Waals surface area contributed by atoms with Crippen LogP contribution >= 0.6 is 22.9 Å². The Morgan fingerprint density at radius 2 is 1.72 bits per heavy atom. The summed E-state index contributed by atoms with van der Waals surface area (Å²) >= 11 is 8.61. The van der Waals surface area contributed by atoms with Crippen molar-refractivity contribution >= 4 is 50.4 Å². The summed E-state index contributed by atoms with van der Waals surface area (Å²) < 4.78 is 1.17. The van der Waals surface area contributed by atoms with Crippen molar-refractivity contribution in [1.82, 2.24) is 9.80 Å². The normalized spacial score (nSPS) is 29.8. The van der Waals surface area contributed by atoms with Gasteiger partial charge in [0.2, 0.25) is 11.8 Å². The summed E-state index contributed by atoms with van der Waals surface area (Å²) in [5.41, 5.74) is 3.13. The van der Waals surface area contributed by atoms with E-state index in [0.717, 1.165) is 39.3 Å². The molecule has 2 aliphatic carbocycles. The van der Waals surface area contributed by atoms with Crippen molar-refractivity contribution in [2.45, 2.75) is 38.1 Å². The highest BCUT2D eigenvalue weighted by Gasteiger charge is 2.64. The number of nitrogens with zero attached hydrogens (tertiary/aromatic N) is 2. The first kappa shape index (κ1) is 22.7. The minimum Gasteiger partial charge on any atom is -0.392 e. The van der Waals surface area contributed by atoms with Gasteiger partial charge in [-0.25, -0.2) is 0 Å². The van der Waals surface area contributed by atoms with E-state index in [-0.39, 0.29) is 48.3 Å². The number of halogens is 1. The number of hydrogen-bond acceptors (Lipinski definition) is 5. The van der Waals surface area contributed by atoms with Crippen LogP contribution < -0.4 is 0 Å². The second kappa shape index (κ2) is 8.25. The Hall–Kier alpha value is -2.51. The molecule has 1 aromatic heterocycles. The minimum absolute atomic E-state index is 0.00225. The Kier molecular flexibility index (Phi) is 5.20. The van der Waals surface area contributed by atoms with Crippen molar-refractivity contribution in [3.8, 4) is 0 Å². The Morgan fingerprint density at radius 3 is 2.42 bits per heavy atom. The molecule has 184 valence electrons. The molecule has 2 aromatic carbocycles. The van der Waals surface area contributed by atoms with Crippen LogP contribution in [0.15, 0.2) is 54.6 Å². The standard InChI is InChI=1S/C29H27ClN2O3S/c1-31-28(34)24-20-12-19(16-8-6-15(14-33)7-9-16)23(25(24)29(31)35)27(17-10-11-17)32(20)13-22-26(30)18-4-2-3-5-21(18)36-22/h2-9,12,17,20,23-25,27,33H,10-11,13-14H2,1H3. The molecule has 5 nitrogen and oxygen atoms in total. The van der Waals surface area contributed by atoms with Gasteiger partial charge in [-0.3, -0.25) is 19.4 Å². The highest BCUT2D eigenvalue weighted by molar-refractivity contribution is 7.19. The number of piperidine rings is 1. The van der Waals surface area contributed by atoms with E-state index in [1.54, 1.807) is 18.4 Å². The number of aliphatic hydroxyl groups excluding tert-OH is 1. The molecular formula is C29H27ClN2O3S. The average Bonchev–Trinajstić information content (AvgIpc) is 3.67. The second-order valence-electron chi connectivity index (χ2n) is 10.6. The third-order valence-corrected chi connectivity index (χ3v) is 10.4. The predicted molar refractivity (Wildman–Crippen MR) is 141 cm³/mol. The first-order chi connectivity index (χ1) is 17.5. The van der Waals surface area contributed by atoms with Crippen molar-refractivity contribution in [2.75, 3.05) is 7.05 Å². The van der Waals surface area contributed by atoms with E-state index in [4.69, 9.17) is 11.6 Å². The lowest BCUT2D eigenvalue weighted by atomic mass is 9.61. The molecule has 3 aromatic rings. The van der Waals surface area contributed by atoms with Crippen molar-refractivity contribution in [1.29, 1.82) is 0 Å². The number of carbonyl (C=O) groups excluding carboxylic acids is 2. The SMILES string of the molecule is CN1C(=O)C2C(C1=O)C1C=C(c3ccc(CO)cc3)C2C(C2CC2)N1Cc1sc2ccccc2c1Cl. The lowest BCUT2D eigenvalue weighted by Crippen LogP contribution is -2.62. The van der Waals surface area contributed by atoms with Gasteiger partial charge in [-0.15, -0.1) is 11.3 Å². The molecule has 5 atom stereocenters. The van der Waals surface area contributed by atoms with E-state index in [1.165, 1.54) is 15.2 Å². The molecule has 0 spiro atoms. The third kappa shape index (κ3) is 3.21. The molecule has 2 saturated heterocycles. The van der Waals surface area contributed by atoms with E-state index < -0.39 is 0 Å². The van der Waals surface area contributed by atoms with Crippen LogP contribution in [0, 0.1) is 23.7 Å². The molecule has 7 heteroatoms. The fourth-order valence-electron chi connectivity index (χ4n) is 6.93. The summed E-state index contributed by atoms with van der Waals surface area (Å²) in [4.78, 5) is 31.8. The maximum atomic E-state index is 13.4.